The third-order valence-electron chi connectivity index (χ3n) is 1.23. The highest BCUT2D eigenvalue weighted by molar-refractivity contribution is 4.86. The largest absolute Gasteiger partial charge is 0.458 e. The zero-order valence-corrected chi connectivity index (χ0v) is 6.75. The summed E-state index contributed by atoms with van der Waals surface area (Å²) in [5, 5.41) is 0. The highest BCUT2D eigenvalue weighted by Crippen LogP contribution is 2.46. The summed E-state index contributed by atoms with van der Waals surface area (Å²) in [5.74, 6) is -5.74. The van der Waals surface area contributed by atoms with Gasteiger partial charge in [-0.3, -0.25) is 4.74 Å². The van der Waals surface area contributed by atoms with E-state index in [9.17, 15) is 35.1 Å². The van der Waals surface area contributed by atoms with Gasteiger partial charge in [0.1, 0.15) is 0 Å². The summed E-state index contributed by atoms with van der Waals surface area (Å²) in [6, 6.07) is 0. The van der Waals surface area contributed by atoms with Gasteiger partial charge < -0.3 is 4.74 Å². The van der Waals surface area contributed by atoms with Gasteiger partial charge in [-0.25, -0.2) is 8.78 Å². The summed E-state index contributed by atoms with van der Waals surface area (Å²) in [6.07, 6.45) is -12.0. The first-order valence-electron chi connectivity index (χ1n) is 3.15. The van der Waals surface area contributed by atoms with Crippen LogP contribution in [0.1, 0.15) is 0 Å². The van der Waals surface area contributed by atoms with Crippen molar-refractivity contribution in [2.75, 3.05) is 13.7 Å². The molecule has 1 atom stereocenters. The van der Waals surface area contributed by atoms with Crippen LogP contribution in [0.15, 0.2) is 0 Å². The van der Waals surface area contributed by atoms with Crippen molar-refractivity contribution in [3.05, 3.63) is 0 Å². The Hall–Kier alpha value is -0.640. The van der Waals surface area contributed by atoms with Gasteiger partial charge >= 0.3 is 18.1 Å². The fourth-order valence-corrected chi connectivity index (χ4v) is 0.567. The Kier molecular flexibility index (Phi) is 4.28. The molecule has 0 aliphatic rings. The first kappa shape index (κ1) is 14.4. The van der Waals surface area contributed by atoms with Gasteiger partial charge in [0.25, 0.3) is 0 Å². The van der Waals surface area contributed by atoms with Gasteiger partial charge in [-0.2, -0.15) is 26.3 Å². The van der Waals surface area contributed by atoms with E-state index in [1.54, 1.807) is 0 Å². The number of rotatable bonds is 5. The molecule has 0 fully saturated rings. The van der Waals surface area contributed by atoms with Gasteiger partial charge in [0.15, 0.2) is 13.7 Å². The summed E-state index contributed by atoms with van der Waals surface area (Å²) in [6.45, 7) is -4.88. The van der Waals surface area contributed by atoms with E-state index in [1.807, 2.05) is 0 Å². The fraction of sp³-hybridized carbons (Fsp3) is 1.00. The van der Waals surface area contributed by atoms with Gasteiger partial charge in [0.05, 0.1) is 0 Å². The molecular formula is C5H4F8O2. The molecule has 2 nitrogen and oxygen atoms in total. The van der Waals surface area contributed by atoms with Gasteiger partial charge in [0, 0.05) is 0 Å². The lowest BCUT2D eigenvalue weighted by Crippen LogP contribution is -2.58. The van der Waals surface area contributed by atoms with Crippen molar-refractivity contribution in [1.29, 1.82) is 0 Å². The van der Waals surface area contributed by atoms with Crippen molar-refractivity contribution >= 4 is 0 Å². The van der Waals surface area contributed by atoms with Crippen LogP contribution < -0.4 is 0 Å². The van der Waals surface area contributed by atoms with E-state index in [-0.39, 0.29) is 0 Å². The fourth-order valence-electron chi connectivity index (χ4n) is 0.567. The Bertz CT molecular complexity index is 204. The Morgan fingerprint density at radius 3 is 1.40 bits per heavy atom. The highest BCUT2D eigenvalue weighted by atomic mass is 19.4. The quantitative estimate of drug-likeness (QED) is 0.696. The van der Waals surface area contributed by atoms with Gasteiger partial charge in [-0.1, -0.05) is 0 Å². The van der Waals surface area contributed by atoms with Crippen LogP contribution in [0.2, 0.25) is 0 Å². The van der Waals surface area contributed by atoms with E-state index < -0.39 is 31.9 Å². The van der Waals surface area contributed by atoms with Crippen LogP contribution in [0.5, 0.6) is 0 Å². The molecule has 0 bridgehead atoms. The topological polar surface area (TPSA) is 18.5 Å². The Morgan fingerprint density at radius 1 is 0.733 bits per heavy atom. The number of halogens is 8. The molecule has 0 aliphatic heterocycles. The van der Waals surface area contributed by atoms with Crippen LogP contribution in [0.3, 0.4) is 0 Å². The summed E-state index contributed by atoms with van der Waals surface area (Å²) in [4.78, 5) is 0. The summed E-state index contributed by atoms with van der Waals surface area (Å²) in [5.41, 5.74) is 0. The van der Waals surface area contributed by atoms with E-state index in [0.29, 0.717) is 0 Å². The minimum Gasteiger partial charge on any atom is -0.300 e. The number of hydrogen-bond acceptors (Lipinski definition) is 2. The number of alkyl halides is 8. The molecule has 10 heteroatoms. The zero-order chi connectivity index (χ0) is 12.3. The Balaban J connectivity index is 5.10. The third kappa shape index (κ3) is 2.68. The predicted molar refractivity (Wildman–Crippen MR) is 29.0 cm³/mol. The van der Waals surface area contributed by atoms with E-state index >= 15 is 0 Å². The molecule has 0 spiro atoms. The molecule has 0 rings (SSSR count). The average Bonchev–Trinajstić information content (AvgIpc) is 2.02. The molecule has 0 aliphatic carbocycles. The molecule has 0 radical (unpaired) electrons. The summed E-state index contributed by atoms with van der Waals surface area (Å²) >= 11 is 0. The molecule has 92 valence electrons. The number of hydrogen-bond donors (Lipinski definition) is 0. The van der Waals surface area contributed by atoms with Gasteiger partial charge in [-0.15, -0.1) is 0 Å². The van der Waals surface area contributed by atoms with Crippen LogP contribution in [-0.4, -0.2) is 31.9 Å². The Morgan fingerprint density at radius 2 is 1.13 bits per heavy atom. The second kappa shape index (κ2) is 4.47. The predicted octanol–water partition coefficient (Wildman–Crippen LogP) is 2.69. The minimum atomic E-state index is -6.28. The van der Waals surface area contributed by atoms with Crippen molar-refractivity contribution in [3.8, 4) is 0 Å². The molecule has 0 aromatic heterocycles. The maximum absolute atomic E-state index is 12.6. The molecule has 0 aromatic carbocycles. The molecule has 1 unspecified atom stereocenters. The second-order valence-electron chi connectivity index (χ2n) is 2.12. The minimum absolute atomic E-state index is 2.40. The van der Waals surface area contributed by atoms with Crippen LogP contribution in [0, 0.1) is 0 Å². The summed E-state index contributed by atoms with van der Waals surface area (Å²) in [7, 11) is 0. The lowest BCUT2D eigenvalue weighted by Gasteiger charge is -2.31. The standard InChI is InChI=1S/C5H4F8O2/c6-1-14-3(8,4(9,10)11)5(12,13)15-2-7/h1-2H2. The summed E-state index contributed by atoms with van der Waals surface area (Å²) < 4.78 is 100. The van der Waals surface area contributed by atoms with Crippen LogP contribution in [0.25, 0.3) is 0 Å². The van der Waals surface area contributed by atoms with Crippen molar-refractivity contribution in [2.45, 2.75) is 18.1 Å². The van der Waals surface area contributed by atoms with Crippen LogP contribution >= 0.6 is 0 Å². The second-order valence-corrected chi connectivity index (χ2v) is 2.12. The SMILES string of the molecule is FCOC(F)(F)C(F)(OCF)C(F)(F)F. The van der Waals surface area contributed by atoms with Crippen molar-refractivity contribution in [3.63, 3.8) is 0 Å². The van der Waals surface area contributed by atoms with Crippen LogP contribution in [-0.2, 0) is 9.47 Å². The lowest BCUT2D eigenvalue weighted by molar-refractivity contribution is -0.466. The first-order chi connectivity index (χ1) is 6.62. The Labute approximate surface area is 77.8 Å². The van der Waals surface area contributed by atoms with Crippen molar-refractivity contribution < 1.29 is 44.6 Å². The van der Waals surface area contributed by atoms with Gasteiger partial charge in [-0.05, 0) is 0 Å². The van der Waals surface area contributed by atoms with E-state index in [4.69, 9.17) is 0 Å². The van der Waals surface area contributed by atoms with Crippen molar-refractivity contribution in [2.24, 2.45) is 0 Å². The van der Waals surface area contributed by atoms with Crippen LogP contribution in [0.4, 0.5) is 35.1 Å². The highest BCUT2D eigenvalue weighted by Gasteiger charge is 2.74. The molecule has 0 aromatic rings. The van der Waals surface area contributed by atoms with Gasteiger partial charge in [0.2, 0.25) is 0 Å². The van der Waals surface area contributed by atoms with Crippen molar-refractivity contribution in [1.82, 2.24) is 0 Å². The third-order valence-corrected chi connectivity index (χ3v) is 1.23. The monoisotopic (exact) mass is 248 g/mol. The molecule has 15 heavy (non-hydrogen) atoms. The molecule has 0 saturated carbocycles. The molecule has 0 N–H and O–H groups in total. The molecule has 0 amide bonds. The maximum Gasteiger partial charge on any atom is 0.458 e. The smallest absolute Gasteiger partial charge is 0.300 e. The average molecular weight is 248 g/mol. The van der Waals surface area contributed by atoms with E-state index in [2.05, 4.69) is 9.47 Å². The lowest BCUT2D eigenvalue weighted by atomic mass is 10.3. The van der Waals surface area contributed by atoms with E-state index in [1.165, 1.54) is 0 Å². The molecule has 0 heterocycles. The first-order valence-corrected chi connectivity index (χ1v) is 3.15. The maximum atomic E-state index is 12.6. The number of ether oxygens (including phenoxy) is 2. The zero-order valence-electron chi connectivity index (χ0n) is 6.75. The van der Waals surface area contributed by atoms with E-state index in [0.717, 1.165) is 0 Å². The normalized spacial score (nSPS) is 17.6. The molecule has 0 saturated heterocycles. The molecular weight excluding hydrogens is 244 g/mol.